The number of benzene rings is 2. The molecule has 1 saturated carbocycles. The Morgan fingerprint density at radius 1 is 0.939 bits per heavy atom. The molecule has 1 aliphatic rings. The Bertz CT molecular complexity index is 1820. The van der Waals surface area contributed by atoms with E-state index >= 15 is 0 Å². The van der Waals surface area contributed by atoms with Gasteiger partial charge < -0.3 is 52.3 Å². The van der Waals surface area contributed by atoms with E-state index in [2.05, 4.69) is 71.4 Å². The number of aryl methyl sites for hydroxylation is 1. The fourth-order valence-corrected chi connectivity index (χ4v) is 6.53. The van der Waals surface area contributed by atoms with E-state index in [0.717, 1.165) is 43.1 Å². The molecule has 10 N–H and O–H groups in total. The van der Waals surface area contributed by atoms with Crippen molar-refractivity contribution in [3.63, 3.8) is 0 Å². The molecule has 0 radical (unpaired) electrons. The number of amides is 6. The maximum absolute atomic E-state index is 12.7. The molecule has 0 spiro atoms. The third-order valence-corrected chi connectivity index (χ3v) is 10.8. The predicted molar refractivity (Wildman–Crippen MR) is 263 cm³/mol. The second-order valence-electron chi connectivity index (χ2n) is 16.1. The first-order valence-corrected chi connectivity index (χ1v) is 23.4. The molecular formula is C47H77N8O10P. The third-order valence-electron chi connectivity index (χ3n) is 9.13. The van der Waals surface area contributed by atoms with Gasteiger partial charge in [0.2, 0.25) is 30.0 Å². The Morgan fingerprint density at radius 2 is 1.59 bits per heavy atom. The van der Waals surface area contributed by atoms with Gasteiger partial charge in [0.25, 0.3) is 0 Å². The number of esters is 1. The van der Waals surface area contributed by atoms with E-state index in [-0.39, 0.29) is 61.5 Å². The van der Waals surface area contributed by atoms with E-state index in [9.17, 15) is 28.8 Å². The Kier molecular flexibility index (Phi) is 31.8. The van der Waals surface area contributed by atoms with Crippen LogP contribution in [-0.4, -0.2) is 106 Å². The van der Waals surface area contributed by atoms with Crippen LogP contribution in [0.4, 0.5) is 16.2 Å². The van der Waals surface area contributed by atoms with E-state index in [0.29, 0.717) is 38.8 Å². The number of unbranched alkanes of at least 4 members (excludes halogenated alkanes) is 1. The normalized spacial score (nSPS) is 13.5. The van der Waals surface area contributed by atoms with Gasteiger partial charge in [-0.25, -0.2) is 4.79 Å². The van der Waals surface area contributed by atoms with Gasteiger partial charge >= 0.3 is 12.1 Å². The molecule has 1 fully saturated rings. The van der Waals surface area contributed by atoms with Crippen LogP contribution in [0.3, 0.4) is 0 Å². The highest BCUT2D eigenvalue weighted by Crippen LogP contribution is 2.34. The zero-order valence-electron chi connectivity index (χ0n) is 40.7. The van der Waals surface area contributed by atoms with Crippen molar-refractivity contribution in [3.8, 4) is 5.75 Å². The van der Waals surface area contributed by atoms with Crippen molar-refractivity contribution < 1.29 is 47.8 Å². The van der Waals surface area contributed by atoms with E-state index in [1.807, 2.05) is 32.2 Å². The number of ether oxygens (including phenoxy) is 3. The van der Waals surface area contributed by atoms with Gasteiger partial charge in [0.05, 0.1) is 19.3 Å². The molecule has 2 aromatic rings. The van der Waals surface area contributed by atoms with Crippen LogP contribution in [0.1, 0.15) is 98.1 Å². The van der Waals surface area contributed by atoms with Gasteiger partial charge in [0.1, 0.15) is 24.5 Å². The number of nitrogens with one attached hydrogen (secondary N) is 6. The number of anilines is 2. The molecule has 66 heavy (non-hydrogen) atoms. The molecule has 3 rings (SSSR count). The number of methoxy groups -OCH3 is 1. The van der Waals surface area contributed by atoms with Crippen LogP contribution in [0.2, 0.25) is 0 Å². The summed E-state index contributed by atoms with van der Waals surface area (Å²) < 4.78 is 15.5. The highest BCUT2D eigenvalue weighted by molar-refractivity contribution is 7.40. The smallest absolute Gasteiger partial charge is 0.412 e. The number of primary amides is 1. The molecule has 0 bridgehead atoms. The molecule has 0 saturated heterocycles. The second-order valence-corrected chi connectivity index (χ2v) is 18.3. The maximum atomic E-state index is 12.7. The van der Waals surface area contributed by atoms with Crippen molar-refractivity contribution in [1.82, 2.24) is 21.3 Å². The zero-order valence-corrected chi connectivity index (χ0v) is 41.7. The van der Waals surface area contributed by atoms with Crippen molar-refractivity contribution in [2.75, 3.05) is 57.1 Å². The Labute approximate surface area is 393 Å². The summed E-state index contributed by atoms with van der Waals surface area (Å²) in [6.07, 6.45) is 7.04. The summed E-state index contributed by atoms with van der Waals surface area (Å²) in [6.45, 7) is 17.3. The summed E-state index contributed by atoms with van der Waals surface area (Å²) in [7, 11) is 4.17. The number of allylic oxidation sites excluding steroid dienone is 1. The highest BCUT2D eigenvalue weighted by atomic mass is 31.1. The van der Waals surface area contributed by atoms with Crippen LogP contribution in [0.25, 0.3) is 0 Å². The molecule has 2 aromatic carbocycles. The van der Waals surface area contributed by atoms with Gasteiger partial charge in [-0.05, 0) is 98.1 Å². The maximum Gasteiger partial charge on any atom is 0.412 e. The number of carbonyl (C=O) groups is 7. The van der Waals surface area contributed by atoms with Crippen LogP contribution >= 0.6 is 8.58 Å². The van der Waals surface area contributed by atoms with Crippen molar-refractivity contribution in [3.05, 3.63) is 65.2 Å². The second kappa shape index (κ2) is 34.7. The minimum absolute atomic E-state index is 0.0103. The van der Waals surface area contributed by atoms with Crippen LogP contribution in [0.15, 0.2) is 54.1 Å². The fourth-order valence-electron chi connectivity index (χ4n) is 5.50. The molecular weight excluding hydrogens is 868 g/mol. The minimum Gasteiger partial charge on any atom is -0.495 e. The van der Waals surface area contributed by atoms with Gasteiger partial charge in [0, 0.05) is 38.4 Å². The quantitative estimate of drug-likeness (QED) is 0.0316. The first-order chi connectivity index (χ1) is 31.3. The van der Waals surface area contributed by atoms with Crippen LogP contribution in [-0.2, 0) is 44.8 Å². The van der Waals surface area contributed by atoms with Crippen molar-refractivity contribution in [2.24, 2.45) is 17.4 Å². The topological polar surface area (TPSA) is 271 Å². The van der Waals surface area contributed by atoms with Crippen LogP contribution in [0, 0.1) is 12.8 Å². The van der Waals surface area contributed by atoms with Crippen molar-refractivity contribution in [1.29, 1.82) is 0 Å². The zero-order chi connectivity index (χ0) is 50.1. The number of hydrogen-bond donors (Lipinski definition) is 8. The Balaban J connectivity index is 0.00000124. The molecule has 19 heteroatoms. The van der Waals surface area contributed by atoms with E-state index in [1.54, 1.807) is 45.2 Å². The van der Waals surface area contributed by atoms with Crippen molar-refractivity contribution >= 4 is 62.1 Å². The van der Waals surface area contributed by atoms with Crippen LogP contribution in [0.5, 0.6) is 5.75 Å². The molecule has 0 aromatic heterocycles. The van der Waals surface area contributed by atoms with Gasteiger partial charge in [-0.15, -0.1) is 8.58 Å². The summed E-state index contributed by atoms with van der Waals surface area (Å²) in [6, 6.07) is 11.5. The number of nitrogens with two attached hydrogens (primary N) is 2. The number of hydrogen-bond acceptors (Lipinski definition) is 12. The summed E-state index contributed by atoms with van der Waals surface area (Å²) in [5, 5.41) is 16.4. The van der Waals surface area contributed by atoms with Gasteiger partial charge in [-0.1, -0.05) is 72.2 Å². The largest absolute Gasteiger partial charge is 0.495 e. The molecule has 18 nitrogen and oxygen atoms in total. The third kappa shape index (κ3) is 29.1. The first kappa shape index (κ1) is 60.4. The molecule has 3 atom stereocenters. The molecule has 6 amide bonds. The minimum atomic E-state index is -0.852. The predicted octanol–water partition coefficient (Wildman–Crippen LogP) is 5.03. The summed E-state index contributed by atoms with van der Waals surface area (Å²) >= 11 is 0. The Hall–Kier alpha value is -5.58. The summed E-state index contributed by atoms with van der Waals surface area (Å²) in [5.74, 6) is -1.56. The average molecular weight is 945 g/mol. The van der Waals surface area contributed by atoms with Gasteiger partial charge in [-0.2, -0.15) is 0 Å². The highest BCUT2D eigenvalue weighted by Gasteiger charge is 2.33. The number of carbonyl (C=O) groups excluding carboxylic acids is 7. The van der Waals surface area contributed by atoms with E-state index < -0.39 is 29.9 Å². The molecule has 3 unspecified atom stereocenters. The lowest BCUT2D eigenvalue weighted by atomic mass is 10.0. The first-order valence-electron chi connectivity index (χ1n) is 22.2. The summed E-state index contributed by atoms with van der Waals surface area (Å²) in [5.41, 5.74) is 13.9. The molecule has 0 heterocycles. The fraction of sp³-hybridized carbons (Fsp3) is 0.553. The van der Waals surface area contributed by atoms with Crippen molar-refractivity contribution in [2.45, 2.75) is 118 Å². The lowest BCUT2D eigenvalue weighted by Gasteiger charge is -2.25. The monoisotopic (exact) mass is 945 g/mol. The van der Waals surface area contributed by atoms with Crippen LogP contribution < -0.4 is 48.1 Å². The lowest BCUT2D eigenvalue weighted by molar-refractivity contribution is -0.142. The Morgan fingerprint density at radius 3 is 2.14 bits per heavy atom. The van der Waals surface area contributed by atoms with E-state index in [4.69, 9.17) is 24.7 Å². The molecule has 1 aliphatic carbocycles. The van der Waals surface area contributed by atoms with Gasteiger partial charge in [0.15, 0.2) is 0 Å². The molecule has 0 aliphatic heterocycles. The standard InChI is InChI=1S/C26H42N5O6P.C16H21NO3.C4H11N.CH3NO/c1-17(2)24(31-22(34)11-10-21(33)29-16-26(4,5)38-13-12-27)25(36)28-14-23(35)30-20-8-6-19(7-9-20)15-37-18(3)32;1-4-5-6-12-10-15(12)20-16(18)17-13-9-11(2)7-8-14(13)19-3;1-3-4-5-2;2-1-3/h6-9,17,24,38H,10-16,27H2,1-5H3,(H,28,36)(H,29,33)(H,30,35)(H,31,34);6-9,15H,4-5,10H2,1-3H3,(H,17,18);5H,3-4H2,1-2H3;1H,(H2,2,3)/b;12-6-;;. The average Bonchev–Trinajstić information content (AvgIpc) is 4.02. The number of rotatable bonds is 23. The molecule has 370 valence electrons. The van der Waals surface area contributed by atoms with Gasteiger partial charge in [-0.3, -0.25) is 34.1 Å². The summed E-state index contributed by atoms with van der Waals surface area (Å²) in [4.78, 5) is 80.8. The SMILES string of the molecule is CC(=O)OCc1ccc(NC(=O)CNC(=O)C(NC(=O)CCC(=O)NCC(C)(C)PCCN)C(C)C)cc1.CCC/C=C1/CC1OC(=O)Nc1cc(C)ccc1OC.CCCNC.NC=O. The lowest BCUT2D eigenvalue weighted by Crippen LogP contribution is -2.51. The van der Waals surface area contributed by atoms with E-state index in [1.165, 1.54) is 18.9 Å².